The Bertz CT molecular complexity index is 887. The van der Waals surface area contributed by atoms with Crippen molar-refractivity contribution in [3.8, 4) is 11.5 Å². The molecule has 0 N–H and O–H groups in total. The number of hydrogen-bond acceptors (Lipinski definition) is 4. The molecule has 30 heavy (non-hydrogen) atoms. The van der Waals surface area contributed by atoms with Crippen LogP contribution in [0.4, 0.5) is 8.78 Å². The first kappa shape index (κ1) is 21.8. The second kappa shape index (κ2) is 10.2. The van der Waals surface area contributed by atoms with Gasteiger partial charge in [-0.05, 0) is 35.3 Å². The summed E-state index contributed by atoms with van der Waals surface area (Å²) in [5.74, 6) is 0.182. The third-order valence-corrected chi connectivity index (χ3v) is 5.09. The van der Waals surface area contributed by atoms with Gasteiger partial charge in [0.2, 0.25) is 5.91 Å². The van der Waals surface area contributed by atoms with Crippen LogP contribution in [0.1, 0.15) is 17.5 Å². The zero-order chi connectivity index (χ0) is 21.5. The van der Waals surface area contributed by atoms with Crippen LogP contribution in [0.25, 0.3) is 5.57 Å². The molecular formula is C23H26F2N2O3. The monoisotopic (exact) mass is 416 g/mol. The van der Waals surface area contributed by atoms with Crippen LogP contribution in [0, 0.1) is 0 Å². The summed E-state index contributed by atoms with van der Waals surface area (Å²) in [6, 6.07) is 15.0. The minimum atomic E-state index is -2.92. The molecule has 0 bridgehead atoms. The van der Waals surface area contributed by atoms with Gasteiger partial charge in [-0.2, -0.15) is 8.78 Å². The Morgan fingerprint density at radius 2 is 1.93 bits per heavy atom. The molecule has 1 aliphatic heterocycles. The summed E-state index contributed by atoms with van der Waals surface area (Å²) in [6.45, 7) is -0.678. The van der Waals surface area contributed by atoms with E-state index < -0.39 is 6.61 Å². The number of carbonyl (C=O) groups is 1. The zero-order valence-corrected chi connectivity index (χ0v) is 17.2. The number of ether oxygens (including phenoxy) is 2. The van der Waals surface area contributed by atoms with Crippen molar-refractivity contribution in [2.75, 3.05) is 33.8 Å². The van der Waals surface area contributed by atoms with Crippen LogP contribution in [0.15, 0.2) is 54.6 Å². The molecule has 160 valence electrons. The lowest BCUT2D eigenvalue weighted by Crippen LogP contribution is -2.39. The molecular weight excluding hydrogens is 390 g/mol. The van der Waals surface area contributed by atoms with Gasteiger partial charge in [0, 0.05) is 26.7 Å². The van der Waals surface area contributed by atoms with E-state index in [2.05, 4.69) is 27.8 Å². The molecule has 0 saturated carbocycles. The van der Waals surface area contributed by atoms with Crippen LogP contribution >= 0.6 is 0 Å². The summed E-state index contributed by atoms with van der Waals surface area (Å²) in [7, 11) is 3.12. The van der Waals surface area contributed by atoms with Crippen LogP contribution in [0.5, 0.6) is 11.5 Å². The summed E-state index contributed by atoms with van der Waals surface area (Å²) < 4.78 is 34.5. The first-order valence-corrected chi connectivity index (χ1v) is 9.78. The molecule has 0 radical (unpaired) electrons. The fourth-order valence-corrected chi connectivity index (χ4v) is 3.45. The molecule has 0 aromatic heterocycles. The number of nitrogens with zero attached hydrogens (tertiary/aromatic N) is 2. The predicted octanol–water partition coefficient (Wildman–Crippen LogP) is 4.04. The van der Waals surface area contributed by atoms with Crippen molar-refractivity contribution in [2.45, 2.75) is 19.6 Å². The SMILES string of the molecule is COc1cc(CN(C)C(=O)CN2CC=C(c3ccccc3)CC2)ccc1OC(F)F. The highest BCUT2D eigenvalue weighted by atomic mass is 19.3. The van der Waals surface area contributed by atoms with Gasteiger partial charge in [-0.1, -0.05) is 42.5 Å². The molecule has 0 aliphatic carbocycles. The quantitative estimate of drug-likeness (QED) is 0.651. The highest BCUT2D eigenvalue weighted by molar-refractivity contribution is 5.78. The Morgan fingerprint density at radius 3 is 2.57 bits per heavy atom. The maximum Gasteiger partial charge on any atom is 0.387 e. The molecule has 3 rings (SSSR count). The van der Waals surface area contributed by atoms with E-state index in [4.69, 9.17) is 4.74 Å². The van der Waals surface area contributed by atoms with Gasteiger partial charge in [0.15, 0.2) is 11.5 Å². The number of alkyl halides is 2. The van der Waals surface area contributed by atoms with E-state index in [-0.39, 0.29) is 17.4 Å². The van der Waals surface area contributed by atoms with E-state index in [0.29, 0.717) is 13.1 Å². The third kappa shape index (κ3) is 5.79. The lowest BCUT2D eigenvalue weighted by Gasteiger charge is -2.28. The maximum atomic E-state index is 12.6. The number of rotatable bonds is 8. The van der Waals surface area contributed by atoms with Crippen LogP contribution in [0.3, 0.4) is 0 Å². The fourth-order valence-electron chi connectivity index (χ4n) is 3.45. The largest absolute Gasteiger partial charge is 0.493 e. The van der Waals surface area contributed by atoms with Gasteiger partial charge in [-0.15, -0.1) is 0 Å². The minimum Gasteiger partial charge on any atom is -0.493 e. The number of methoxy groups -OCH3 is 1. The first-order chi connectivity index (χ1) is 14.5. The smallest absolute Gasteiger partial charge is 0.387 e. The van der Waals surface area contributed by atoms with Crippen molar-refractivity contribution < 1.29 is 23.0 Å². The molecule has 2 aromatic carbocycles. The second-order valence-electron chi connectivity index (χ2n) is 7.19. The number of likely N-dealkylation sites (N-methyl/N-ethyl adjacent to an activating group) is 1. The Hall–Kier alpha value is -2.93. The van der Waals surface area contributed by atoms with Gasteiger partial charge in [-0.25, -0.2) is 0 Å². The van der Waals surface area contributed by atoms with Crippen molar-refractivity contribution in [2.24, 2.45) is 0 Å². The van der Waals surface area contributed by atoms with Crippen LogP contribution < -0.4 is 9.47 Å². The summed E-state index contributed by atoms with van der Waals surface area (Å²) in [5.41, 5.74) is 3.31. The molecule has 2 aromatic rings. The number of benzene rings is 2. The Balaban J connectivity index is 1.54. The molecule has 0 fully saturated rings. The van der Waals surface area contributed by atoms with Gasteiger partial charge in [0.25, 0.3) is 0 Å². The van der Waals surface area contributed by atoms with Crippen molar-refractivity contribution in [1.82, 2.24) is 9.80 Å². The number of halogens is 2. The molecule has 0 saturated heterocycles. The number of amides is 1. The number of carbonyl (C=O) groups excluding carboxylic acids is 1. The van der Waals surface area contributed by atoms with E-state index in [1.54, 1.807) is 24.1 Å². The predicted molar refractivity (Wildman–Crippen MR) is 112 cm³/mol. The average molecular weight is 416 g/mol. The molecule has 5 nitrogen and oxygen atoms in total. The Labute approximate surface area is 175 Å². The summed E-state index contributed by atoms with van der Waals surface area (Å²) >= 11 is 0. The van der Waals surface area contributed by atoms with Gasteiger partial charge in [-0.3, -0.25) is 9.69 Å². The van der Waals surface area contributed by atoms with Crippen molar-refractivity contribution in [3.63, 3.8) is 0 Å². The average Bonchev–Trinajstić information content (AvgIpc) is 2.75. The minimum absolute atomic E-state index is 0.00145. The standard InChI is InChI=1S/C23H26F2N2O3/c1-26(15-17-8-9-20(30-23(24)25)21(14-17)29-2)22(28)16-27-12-10-19(11-13-27)18-6-4-3-5-7-18/h3-10,14,23H,11-13,15-16H2,1-2H3. The summed E-state index contributed by atoms with van der Waals surface area (Å²) in [6.07, 6.45) is 3.09. The Kier molecular flexibility index (Phi) is 7.41. The molecule has 1 amide bonds. The molecule has 0 atom stereocenters. The first-order valence-electron chi connectivity index (χ1n) is 9.78. The van der Waals surface area contributed by atoms with Crippen molar-refractivity contribution in [1.29, 1.82) is 0 Å². The molecule has 0 unspecified atom stereocenters. The van der Waals surface area contributed by atoms with Crippen LogP contribution in [0.2, 0.25) is 0 Å². The Morgan fingerprint density at radius 1 is 1.17 bits per heavy atom. The lowest BCUT2D eigenvalue weighted by atomic mass is 9.99. The van der Waals surface area contributed by atoms with Crippen molar-refractivity contribution in [3.05, 3.63) is 65.7 Å². The van der Waals surface area contributed by atoms with Gasteiger partial charge >= 0.3 is 6.61 Å². The summed E-state index contributed by atoms with van der Waals surface area (Å²) in [5, 5.41) is 0. The number of hydrogen-bond donors (Lipinski definition) is 0. The van der Waals surface area contributed by atoms with Gasteiger partial charge in [0.1, 0.15) is 0 Å². The normalized spacial score (nSPS) is 14.4. The summed E-state index contributed by atoms with van der Waals surface area (Å²) in [4.78, 5) is 16.4. The highest BCUT2D eigenvalue weighted by Gasteiger charge is 2.19. The topological polar surface area (TPSA) is 42.0 Å². The van der Waals surface area contributed by atoms with E-state index in [9.17, 15) is 13.6 Å². The second-order valence-corrected chi connectivity index (χ2v) is 7.19. The molecule has 1 aliphatic rings. The lowest BCUT2D eigenvalue weighted by molar-refractivity contribution is -0.131. The van der Waals surface area contributed by atoms with Crippen LogP contribution in [-0.4, -0.2) is 56.1 Å². The van der Waals surface area contributed by atoms with E-state index in [0.717, 1.165) is 25.1 Å². The maximum absolute atomic E-state index is 12.6. The van der Waals surface area contributed by atoms with Crippen LogP contribution in [-0.2, 0) is 11.3 Å². The molecule has 1 heterocycles. The third-order valence-electron chi connectivity index (χ3n) is 5.09. The van der Waals surface area contributed by atoms with E-state index in [1.807, 2.05) is 18.2 Å². The molecule has 0 spiro atoms. The van der Waals surface area contributed by atoms with Gasteiger partial charge in [0.05, 0.1) is 13.7 Å². The highest BCUT2D eigenvalue weighted by Crippen LogP contribution is 2.30. The zero-order valence-electron chi connectivity index (χ0n) is 17.2. The van der Waals surface area contributed by atoms with E-state index >= 15 is 0 Å². The van der Waals surface area contributed by atoms with E-state index in [1.165, 1.54) is 24.3 Å². The van der Waals surface area contributed by atoms with Crippen molar-refractivity contribution >= 4 is 11.5 Å². The van der Waals surface area contributed by atoms with Gasteiger partial charge < -0.3 is 14.4 Å². The fraction of sp³-hybridized carbons (Fsp3) is 0.348. The molecule has 7 heteroatoms.